The molecule has 2 N–H and O–H groups in total. The van der Waals surface area contributed by atoms with Crippen molar-refractivity contribution in [2.75, 3.05) is 19.0 Å². The van der Waals surface area contributed by atoms with Crippen LogP contribution in [0.4, 0.5) is 10.1 Å². The van der Waals surface area contributed by atoms with Gasteiger partial charge >= 0.3 is 11.8 Å². The van der Waals surface area contributed by atoms with Crippen LogP contribution in [0.3, 0.4) is 0 Å². The van der Waals surface area contributed by atoms with Crippen molar-refractivity contribution in [2.45, 2.75) is 13.5 Å². The summed E-state index contributed by atoms with van der Waals surface area (Å²) < 4.78 is 31.2. The molecule has 0 spiro atoms. The maximum atomic E-state index is 14.1. The molecule has 0 saturated carbocycles. The van der Waals surface area contributed by atoms with Gasteiger partial charge in [0, 0.05) is 5.56 Å². The lowest BCUT2D eigenvalue weighted by atomic mass is 10.2. The average molecular weight is 579 g/mol. The molecule has 0 fully saturated rings. The van der Waals surface area contributed by atoms with Crippen molar-refractivity contribution in [1.82, 2.24) is 5.43 Å². The summed E-state index contributed by atoms with van der Waals surface area (Å²) in [5, 5.41) is 6.54. The fourth-order valence-electron chi connectivity index (χ4n) is 3.02. The minimum absolute atomic E-state index is 0.116. The number of nitrogens with zero attached hydrogens (tertiary/aromatic N) is 1. The van der Waals surface area contributed by atoms with Crippen LogP contribution in [0, 0.1) is 5.82 Å². The predicted octanol–water partition coefficient (Wildman–Crippen LogP) is 5.32. The number of para-hydroxylation sites is 2. The summed E-state index contributed by atoms with van der Waals surface area (Å²) in [5.74, 6) is -1.25. The lowest BCUT2D eigenvalue weighted by Crippen LogP contribution is -2.32. The van der Waals surface area contributed by atoms with Crippen LogP contribution in [0.15, 0.2) is 64.2 Å². The van der Waals surface area contributed by atoms with Crippen LogP contribution in [0.1, 0.15) is 18.1 Å². The number of ether oxygens (including phenoxy) is 3. The van der Waals surface area contributed by atoms with E-state index in [0.717, 1.165) is 0 Å². The quantitative estimate of drug-likeness (QED) is 0.204. The van der Waals surface area contributed by atoms with Gasteiger partial charge in [-0.3, -0.25) is 9.59 Å². The standard InChI is InChI=1S/C25H22BrClFN3O5/c1-3-35-22-12-15(11-17(26)23(22)36-14-16-18(27)7-6-8-19(16)28)13-29-31-25(33)24(32)30-20-9-4-5-10-21(20)34-2/h4-13H,3,14H2,1-2H3,(H,30,32)(H,31,33)/b29-13+. The van der Waals surface area contributed by atoms with Crippen LogP contribution >= 0.6 is 27.5 Å². The van der Waals surface area contributed by atoms with Gasteiger partial charge in [0.05, 0.1) is 35.1 Å². The van der Waals surface area contributed by atoms with E-state index in [1.165, 1.54) is 25.5 Å². The predicted molar refractivity (Wildman–Crippen MR) is 138 cm³/mol. The van der Waals surface area contributed by atoms with Crippen molar-refractivity contribution < 1.29 is 28.2 Å². The molecule has 0 aliphatic heterocycles. The van der Waals surface area contributed by atoms with Crippen LogP contribution in [0.2, 0.25) is 5.02 Å². The van der Waals surface area contributed by atoms with E-state index >= 15 is 0 Å². The van der Waals surface area contributed by atoms with Crippen LogP contribution in [0.25, 0.3) is 0 Å². The first-order chi connectivity index (χ1) is 17.3. The normalized spacial score (nSPS) is 10.7. The zero-order valence-electron chi connectivity index (χ0n) is 19.3. The van der Waals surface area contributed by atoms with E-state index in [-0.39, 0.29) is 17.2 Å². The topological polar surface area (TPSA) is 98.2 Å². The molecular weight excluding hydrogens is 557 g/mol. The number of hydrogen-bond donors (Lipinski definition) is 2. The SMILES string of the molecule is CCOc1cc(/C=N/NC(=O)C(=O)Nc2ccccc2OC)cc(Br)c1OCc1c(F)cccc1Cl. The molecule has 11 heteroatoms. The van der Waals surface area contributed by atoms with E-state index in [2.05, 4.69) is 31.8 Å². The van der Waals surface area contributed by atoms with Gasteiger partial charge in [-0.25, -0.2) is 9.82 Å². The lowest BCUT2D eigenvalue weighted by molar-refractivity contribution is -0.136. The Morgan fingerprint density at radius 2 is 1.86 bits per heavy atom. The van der Waals surface area contributed by atoms with Gasteiger partial charge in [-0.1, -0.05) is 29.8 Å². The molecule has 36 heavy (non-hydrogen) atoms. The fourth-order valence-corrected chi connectivity index (χ4v) is 3.81. The average Bonchev–Trinajstić information content (AvgIpc) is 2.85. The zero-order chi connectivity index (χ0) is 26.1. The number of hydrazone groups is 1. The monoisotopic (exact) mass is 577 g/mol. The van der Waals surface area contributed by atoms with Gasteiger partial charge < -0.3 is 19.5 Å². The van der Waals surface area contributed by atoms with E-state index in [9.17, 15) is 14.0 Å². The number of benzene rings is 3. The second-order valence-corrected chi connectivity index (χ2v) is 8.37. The smallest absolute Gasteiger partial charge is 0.329 e. The molecule has 0 saturated heterocycles. The minimum atomic E-state index is -0.969. The van der Waals surface area contributed by atoms with E-state index in [0.29, 0.717) is 39.6 Å². The van der Waals surface area contributed by atoms with E-state index in [4.69, 9.17) is 25.8 Å². The highest BCUT2D eigenvalue weighted by Gasteiger charge is 2.16. The molecule has 3 aromatic carbocycles. The van der Waals surface area contributed by atoms with Gasteiger partial charge in [0.2, 0.25) is 0 Å². The number of rotatable bonds is 9. The molecule has 8 nitrogen and oxygen atoms in total. The Labute approximate surface area is 220 Å². The number of methoxy groups -OCH3 is 1. The van der Waals surface area contributed by atoms with Gasteiger partial charge in [-0.2, -0.15) is 5.10 Å². The van der Waals surface area contributed by atoms with Gasteiger partial charge in [0.15, 0.2) is 11.5 Å². The van der Waals surface area contributed by atoms with Crippen molar-refractivity contribution in [3.05, 3.63) is 81.0 Å². The maximum absolute atomic E-state index is 14.1. The van der Waals surface area contributed by atoms with Crippen molar-refractivity contribution in [3.63, 3.8) is 0 Å². The molecule has 0 atom stereocenters. The van der Waals surface area contributed by atoms with Crippen LogP contribution < -0.4 is 25.0 Å². The first-order valence-corrected chi connectivity index (χ1v) is 11.8. The molecule has 2 amide bonds. The third-order valence-electron chi connectivity index (χ3n) is 4.70. The molecule has 3 aromatic rings. The lowest BCUT2D eigenvalue weighted by Gasteiger charge is -2.15. The molecule has 0 unspecified atom stereocenters. The maximum Gasteiger partial charge on any atom is 0.329 e. The van der Waals surface area contributed by atoms with Crippen molar-refractivity contribution in [2.24, 2.45) is 5.10 Å². The molecule has 0 heterocycles. The molecule has 0 aromatic heterocycles. The molecule has 0 radical (unpaired) electrons. The molecule has 188 valence electrons. The number of carbonyl (C=O) groups excluding carboxylic acids is 2. The fraction of sp³-hybridized carbons (Fsp3) is 0.160. The Morgan fingerprint density at radius 3 is 2.58 bits per heavy atom. The van der Waals surface area contributed by atoms with Crippen molar-refractivity contribution in [1.29, 1.82) is 0 Å². The van der Waals surface area contributed by atoms with Crippen molar-refractivity contribution >= 4 is 51.2 Å². The summed E-state index contributed by atoms with van der Waals surface area (Å²) in [5.41, 5.74) is 3.27. The Hall–Kier alpha value is -3.63. The van der Waals surface area contributed by atoms with E-state index in [1.807, 2.05) is 0 Å². The molecule has 3 rings (SSSR count). The molecular formula is C25H22BrClFN3O5. The number of carbonyl (C=O) groups is 2. The summed E-state index contributed by atoms with van der Waals surface area (Å²) in [7, 11) is 1.45. The van der Waals surface area contributed by atoms with Crippen LogP contribution in [-0.2, 0) is 16.2 Å². The molecule has 0 aliphatic rings. The number of hydrogen-bond acceptors (Lipinski definition) is 6. The second-order valence-electron chi connectivity index (χ2n) is 7.11. The van der Waals surface area contributed by atoms with E-state index < -0.39 is 17.6 Å². The van der Waals surface area contributed by atoms with Gasteiger partial charge in [0.25, 0.3) is 0 Å². The number of anilines is 1. The first-order valence-electron chi connectivity index (χ1n) is 10.6. The highest BCUT2D eigenvalue weighted by molar-refractivity contribution is 9.10. The highest BCUT2D eigenvalue weighted by Crippen LogP contribution is 2.37. The second kappa shape index (κ2) is 12.9. The zero-order valence-corrected chi connectivity index (χ0v) is 21.7. The van der Waals surface area contributed by atoms with E-state index in [1.54, 1.807) is 49.4 Å². The summed E-state index contributed by atoms with van der Waals surface area (Å²) in [6, 6.07) is 14.3. The Balaban J connectivity index is 1.68. The Kier molecular flexibility index (Phi) is 9.66. The Bertz CT molecular complexity index is 1270. The summed E-state index contributed by atoms with van der Waals surface area (Å²) >= 11 is 9.49. The summed E-state index contributed by atoms with van der Waals surface area (Å²) in [4.78, 5) is 24.3. The third-order valence-corrected chi connectivity index (χ3v) is 5.64. The first kappa shape index (κ1) is 27.0. The highest BCUT2D eigenvalue weighted by atomic mass is 79.9. The van der Waals surface area contributed by atoms with Gasteiger partial charge in [0.1, 0.15) is 18.2 Å². The summed E-state index contributed by atoms with van der Waals surface area (Å²) in [6.07, 6.45) is 1.33. The number of amides is 2. The van der Waals surface area contributed by atoms with Gasteiger partial charge in [-0.15, -0.1) is 0 Å². The number of halogens is 3. The molecule has 0 bridgehead atoms. The van der Waals surface area contributed by atoms with Gasteiger partial charge in [-0.05, 0) is 64.8 Å². The van der Waals surface area contributed by atoms with Crippen LogP contribution in [-0.4, -0.2) is 31.7 Å². The number of nitrogens with one attached hydrogen (secondary N) is 2. The van der Waals surface area contributed by atoms with Crippen molar-refractivity contribution in [3.8, 4) is 17.2 Å². The molecule has 0 aliphatic carbocycles. The third kappa shape index (κ3) is 6.96. The largest absolute Gasteiger partial charge is 0.495 e. The van der Waals surface area contributed by atoms with Crippen LogP contribution in [0.5, 0.6) is 17.2 Å². The summed E-state index contributed by atoms with van der Waals surface area (Å²) in [6.45, 7) is 2.02. The Morgan fingerprint density at radius 1 is 1.08 bits per heavy atom. The minimum Gasteiger partial charge on any atom is -0.495 e.